The Morgan fingerprint density at radius 2 is 2.08 bits per heavy atom. The minimum Gasteiger partial charge on any atom is -0.496 e. The Labute approximate surface area is 139 Å². The van der Waals surface area contributed by atoms with Crippen molar-refractivity contribution in [3.8, 4) is 17.0 Å². The van der Waals surface area contributed by atoms with Crippen LogP contribution in [0.25, 0.3) is 11.3 Å². The number of rotatable bonds is 3. The molecular formula is C18H20FN3O2. The number of H-pyrrole nitrogens is 1. The Morgan fingerprint density at radius 3 is 2.83 bits per heavy atom. The summed E-state index contributed by atoms with van der Waals surface area (Å²) in [7, 11) is 1.65. The zero-order chi connectivity index (χ0) is 16.7. The summed E-state index contributed by atoms with van der Waals surface area (Å²) in [6, 6.07) is 7.79. The van der Waals surface area contributed by atoms with Crippen LogP contribution in [0.5, 0.6) is 5.75 Å². The normalized spacial score (nSPS) is 22.7. The third-order valence-corrected chi connectivity index (χ3v) is 4.92. The summed E-state index contributed by atoms with van der Waals surface area (Å²) in [5.74, 6) is 0.329. The van der Waals surface area contributed by atoms with E-state index >= 15 is 0 Å². The van der Waals surface area contributed by atoms with Crippen molar-refractivity contribution in [2.75, 3.05) is 20.2 Å². The number of halogens is 1. The summed E-state index contributed by atoms with van der Waals surface area (Å²) in [6.45, 7) is 1.22. The number of fused-ring (bicyclic) bond motifs is 1. The van der Waals surface area contributed by atoms with Crippen LogP contribution in [0.3, 0.4) is 0 Å². The van der Waals surface area contributed by atoms with Gasteiger partial charge in [-0.2, -0.15) is 5.10 Å². The van der Waals surface area contributed by atoms with Gasteiger partial charge in [-0.3, -0.25) is 9.89 Å². The maximum Gasteiger partial charge on any atom is 0.228 e. The highest BCUT2D eigenvalue weighted by molar-refractivity contribution is 5.82. The number of alkyl halides is 1. The number of aromatic amines is 1. The molecule has 2 heterocycles. The number of hydrogen-bond acceptors (Lipinski definition) is 3. The van der Waals surface area contributed by atoms with Crippen LogP contribution in [0.2, 0.25) is 0 Å². The lowest BCUT2D eigenvalue weighted by molar-refractivity contribution is -0.132. The van der Waals surface area contributed by atoms with Crippen LogP contribution in [-0.2, 0) is 17.6 Å². The average Bonchev–Trinajstić information content (AvgIpc) is 3.27. The van der Waals surface area contributed by atoms with E-state index < -0.39 is 12.1 Å². The quantitative estimate of drug-likeness (QED) is 0.940. The van der Waals surface area contributed by atoms with Crippen LogP contribution in [0.1, 0.15) is 17.7 Å². The number of methoxy groups -OCH3 is 1. The zero-order valence-corrected chi connectivity index (χ0v) is 13.6. The summed E-state index contributed by atoms with van der Waals surface area (Å²) < 4.78 is 18.6. The Kier molecular flexibility index (Phi) is 3.75. The highest BCUT2D eigenvalue weighted by Gasteiger charge is 2.45. The van der Waals surface area contributed by atoms with Crippen molar-refractivity contribution in [3.05, 3.63) is 35.5 Å². The molecule has 126 valence electrons. The Morgan fingerprint density at radius 1 is 1.33 bits per heavy atom. The van der Waals surface area contributed by atoms with E-state index in [0.717, 1.165) is 28.3 Å². The van der Waals surface area contributed by atoms with Crippen molar-refractivity contribution in [1.82, 2.24) is 15.1 Å². The first-order chi connectivity index (χ1) is 11.7. The molecule has 1 amide bonds. The fourth-order valence-corrected chi connectivity index (χ4v) is 3.42. The van der Waals surface area contributed by atoms with Gasteiger partial charge in [-0.15, -0.1) is 0 Å². The first kappa shape index (κ1) is 15.2. The van der Waals surface area contributed by atoms with Gasteiger partial charge >= 0.3 is 0 Å². The van der Waals surface area contributed by atoms with Gasteiger partial charge in [0, 0.05) is 36.3 Å². The maximum absolute atomic E-state index is 13.2. The predicted molar refractivity (Wildman–Crippen MR) is 87.6 cm³/mol. The predicted octanol–water partition coefficient (Wildman–Crippen LogP) is 2.37. The van der Waals surface area contributed by atoms with E-state index in [0.29, 0.717) is 32.4 Å². The molecule has 6 heteroatoms. The van der Waals surface area contributed by atoms with Crippen LogP contribution < -0.4 is 4.74 Å². The van der Waals surface area contributed by atoms with Crippen molar-refractivity contribution in [2.45, 2.75) is 25.4 Å². The second-order valence-corrected chi connectivity index (χ2v) is 6.41. The zero-order valence-electron chi connectivity index (χ0n) is 13.6. The van der Waals surface area contributed by atoms with E-state index in [4.69, 9.17) is 4.74 Å². The number of carbonyl (C=O) groups excluding carboxylic acids is 1. The minimum atomic E-state index is -0.940. The Balaban J connectivity index is 1.59. The van der Waals surface area contributed by atoms with Gasteiger partial charge in [0.05, 0.1) is 18.7 Å². The second kappa shape index (κ2) is 5.92. The first-order valence-corrected chi connectivity index (χ1v) is 8.31. The van der Waals surface area contributed by atoms with Gasteiger partial charge in [0.1, 0.15) is 11.9 Å². The lowest BCUT2D eigenvalue weighted by atomic mass is 10.0. The van der Waals surface area contributed by atoms with E-state index in [2.05, 4.69) is 10.2 Å². The molecule has 0 unspecified atom stereocenters. The fourth-order valence-electron chi connectivity index (χ4n) is 3.42. The van der Waals surface area contributed by atoms with E-state index in [-0.39, 0.29) is 5.91 Å². The molecule has 1 N–H and O–H groups in total. The second-order valence-electron chi connectivity index (χ2n) is 6.41. The molecule has 2 aliphatic rings. The number of para-hydroxylation sites is 1. The highest BCUT2D eigenvalue weighted by atomic mass is 19.1. The van der Waals surface area contributed by atoms with Gasteiger partial charge in [0.15, 0.2) is 0 Å². The van der Waals surface area contributed by atoms with Crippen LogP contribution in [0.15, 0.2) is 24.3 Å². The summed E-state index contributed by atoms with van der Waals surface area (Å²) in [5, 5.41) is 7.59. The van der Waals surface area contributed by atoms with Crippen molar-refractivity contribution in [1.29, 1.82) is 0 Å². The number of amides is 1. The van der Waals surface area contributed by atoms with E-state index in [9.17, 15) is 9.18 Å². The van der Waals surface area contributed by atoms with Crippen molar-refractivity contribution < 1.29 is 13.9 Å². The number of carbonyl (C=O) groups is 1. The molecule has 0 radical (unpaired) electrons. The van der Waals surface area contributed by atoms with E-state index in [1.54, 1.807) is 12.0 Å². The standard InChI is InChI=1S/C18H20FN3O2/c1-24-16-5-3-2-4-12(16)17-11-6-8-22(9-7-15(11)20-21-17)18(23)13-10-14(13)19/h2-5,13-14H,6-10H2,1H3,(H,20,21)/t13-,14-/m1/s1. The topological polar surface area (TPSA) is 58.2 Å². The van der Waals surface area contributed by atoms with E-state index in [1.807, 2.05) is 24.3 Å². The molecule has 0 spiro atoms. The molecule has 0 saturated heterocycles. The van der Waals surface area contributed by atoms with Gasteiger partial charge < -0.3 is 9.64 Å². The molecule has 2 atom stereocenters. The smallest absolute Gasteiger partial charge is 0.228 e. The molecule has 1 saturated carbocycles. The van der Waals surface area contributed by atoms with Gasteiger partial charge in [-0.25, -0.2) is 4.39 Å². The van der Waals surface area contributed by atoms with Crippen molar-refractivity contribution >= 4 is 5.91 Å². The molecule has 1 aliphatic carbocycles. The number of nitrogens with one attached hydrogen (secondary N) is 1. The third kappa shape index (κ3) is 2.56. The molecule has 5 nitrogen and oxygen atoms in total. The monoisotopic (exact) mass is 329 g/mol. The molecule has 1 aliphatic heterocycles. The summed E-state index contributed by atoms with van der Waals surface area (Å²) in [4.78, 5) is 14.1. The van der Waals surface area contributed by atoms with Crippen LogP contribution in [-0.4, -0.2) is 47.4 Å². The van der Waals surface area contributed by atoms with Crippen LogP contribution in [0, 0.1) is 5.92 Å². The lowest BCUT2D eigenvalue weighted by Crippen LogP contribution is -2.35. The first-order valence-electron chi connectivity index (χ1n) is 8.31. The molecule has 24 heavy (non-hydrogen) atoms. The third-order valence-electron chi connectivity index (χ3n) is 4.92. The average molecular weight is 329 g/mol. The van der Waals surface area contributed by atoms with Crippen LogP contribution in [0.4, 0.5) is 4.39 Å². The minimum absolute atomic E-state index is 0.0422. The van der Waals surface area contributed by atoms with Gasteiger partial charge in [-0.1, -0.05) is 12.1 Å². The molecule has 1 fully saturated rings. The molecule has 1 aromatic carbocycles. The fraction of sp³-hybridized carbons (Fsp3) is 0.444. The Hall–Kier alpha value is -2.37. The van der Waals surface area contributed by atoms with Crippen molar-refractivity contribution in [3.63, 3.8) is 0 Å². The molecule has 4 rings (SSSR count). The summed E-state index contributed by atoms with van der Waals surface area (Å²) >= 11 is 0. The summed E-state index contributed by atoms with van der Waals surface area (Å²) in [5.41, 5.74) is 4.01. The molecular weight excluding hydrogens is 309 g/mol. The van der Waals surface area contributed by atoms with Crippen LogP contribution >= 0.6 is 0 Å². The largest absolute Gasteiger partial charge is 0.496 e. The highest BCUT2D eigenvalue weighted by Crippen LogP contribution is 2.37. The number of hydrogen-bond donors (Lipinski definition) is 1. The maximum atomic E-state index is 13.2. The molecule has 2 aromatic rings. The number of ether oxygens (including phenoxy) is 1. The van der Waals surface area contributed by atoms with Gasteiger partial charge in [0.2, 0.25) is 5.91 Å². The molecule has 0 bridgehead atoms. The number of aromatic nitrogens is 2. The lowest BCUT2D eigenvalue weighted by Gasteiger charge is -2.20. The van der Waals surface area contributed by atoms with E-state index in [1.165, 1.54) is 0 Å². The SMILES string of the molecule is COc1ccccc1-c1n[nH]c2c1CCN(C(=O)[C@@H]1C[C@H]1F)CC2. The molecule has 1 aromatic heterocycles. The number of benzene rings is 1. The summed E-state index contributed by atoms with van der Waals surface area (Å²) in [6.07, 6.45) is 0.875. The number of nitrogens with zero attached hydrogens (tertiary/aromatic N) is 2. The van der Waals surface area contributed by atoms with Crippen molar-refractivity contribution in [2.24, 2.45) is 5.92 Å². The van der Waals surface area contributed by atoms with Gasteiger partial charge in [0.25, 0.3) is 0 Å². The Bertz CT molecular complexity index is 773. The van der Waals surface area contributed by atoms with Gasteiger partial charge in [-0.05, 0) is 25.0 Å².